The maximum Gasteiger partial charge on any atom is 0.00698 e. The molecule has 1 spiro atoms. The monoisotopic (exact) mass is 167 g/mol. The standard InChI is InChI=1S/C11H21N/c1-2-10(12)9-5-8-11(9)6-3-4-7-11/h9-10H,2-8,12H2,1H3. The van der Waals surface area contributed by atoms with Gasteiger partial charge in [-0.15, -0.1) is 0 Å². The fourth-order valence-corrected chi connectivity index (χ4v) is 3.37. The molecule has 2 aliphatic rings. The Morgan fingerprint density at radius 3 is 2.42 bits per heavy atom. The molecule has 0 aromatic carbocycles. The lowest BCUT2D eigenvalue weighted by Crippen LogP contribution is -2.48. The van der Waals surface area contributed by atoms with Crippen LogP contribution in [0.4, 0.5) is 0 Å². The molecule has 0 radical (unpaired) electrons. The van der Waals surface area contributed by atoms with Gasteiger partial charge in [0, 0.05) is 6.04 Å². The van der Waals surface area contributed by atoms with Crippen LogP contribution < -0.4 is 5.73 Å². The second-order valence-corrected chi connectivity index (χ2v) is 4.79. The van der Waals surface area contributed by atoms with Crippen LogP contribution in [-0.2, 0) is 0 Å². The Balaban J connectivity index is 1.99. The molecule has 2 aliphatic carbocycles. The molecule has 2 fully saturated rings. The number of hydrogen-bond donors (Lipinski definition) is 1. The molecule has 1 heteroatoms. The molecule has 2 unspecified atom stereocenters. The van der Waals surface area contributed by atoms with Crippen molar-refractivity contribution in [1.29, 1.82) is 0 Å². The van der Waals surface area contributed by atoms with Gasteiger partial charge in [0.15, 0.2) is 0 Å². The Hall–Kier alpha value is -0.0400. The zero-order chi connectivity index (χ0) is 8.60. The van der Waals surface area contributed by atoms with Crippen molar-refractivity contribution in [2.24, 2.45) is 17.1 Å². The van der Waals surface area contributed by atoms with E-state index < -0.39 is 0 Å². The summed E-state index contributed by atoms with van der Waals surface area (Å²) in [7, 11) is 0. The molecule has 0 amide bonds. The van der Waals surface area contributed by atoms with Crippen molar-refractivity contribution in [1.82, 2.24) is 0 Å². The van der Waals surface area contributed by atoms with Gasteiger partial charge in [0.1, 0.15) is 0 Å². The lowest BCUT2D eigenvalue weighted by molar-refractivity contribution is 0.0164. The third-order valence-corrected chi connectivity index (χ3v) is 4.33. The van der Waals surface area contributed by atoms with E-state index in [1.165, 1.54) is 44.9 Å². The van der Waals surface area contributed by atoms with Gasteiger partial charge in [-0.3, -0.25) is 0 Å². The first kappa shape index (κ1) is 8.55. The summed E-state index contributed by atoms with van der Waals surface area (Å²) in [5.41, 5.74) is 6.86. The fraction of sp³-hybridized carbons (Fsp3) is 1.00. The minimum absolute atomic E-state index is 0.497. The Morgan fingerprint density at radius 2 is 2.00 bits per heavy atom. The van der Waals surface area contributed by atoms with Crippen LogP contribution in [0.2, 0.25) is 0 Å². The van der Waals surface area contributed by atoms with Gasteiger partial charge in [-0.25, -0.2) is 0 Å². The predicted octanol–water partition coefficient (Wildman–Crippen LogP) is 2.69. The first-order chi connectivity index (χ1) is 5.78. The van der Waals surface area contributed by atoms with E-state index in [-0.39, 0.29) is 0 Å². The van der Waals surface area contributed by atoms with Crippen LogP contribution in [0.1, 0.15) is 51.9 Å². The highest BCUT2D eigenvalue weighted by Gasteiger charge is 2.49. The average Bonchev–Trinajstić information content (AvgIpc) is 2.52. The zero-order valence-corrected chi connectivity index (χ0v) is 8.18. The Kier molecular flexibility index (Phi) is 2.16. The van der Waals surface area contributed by atoms with Crippen LogP contribution in [0.15, 0.2) is 0 Å². The van der Waals surface area contributed by atoms with Crippen LogP contribution in [0.3, 0.4) is 0 Å². The van der Waals surface area contributed by atoms with Crippen molar-refractivity contribution in [3.05, 3.63) is 0 Å². The van der Waals surface area contributed by atoms with E-state index in [4.69, 9.17) is 5.73 Å². The van der Waals surface area contributed by atoms with Crippen LogP contribution in [0.5, 0.6) is 0 Å². The fourth-order valence-electron chi connectivity index (χ4n) is 3.37. The summed E-state index contributed by atoms with van der Waals surface area (Å²) in [6.07, 6.45) is 9.95. The second-order valence-electron chi connectivity index (χ2n) is 4.79. The Morgan fingerprint density at radius 1 is 1.33 bits per heavy atom. The first-order valence-electron chi connectivity index (χ1n) is 5.54. The highest BCUT2D eigenvalue weighted by molar-refractivity contribution is 5.01. The molecule has 1 nitrogen and oxygen atoms in total. The SMILES string of the molecule is CCC(N)C1CCC12CCCC2. The van der Waals surface area contributed by atoms with Gasteiger partial charge >= 0.3 is 0 Å². The van der Waals surface area contributed by atoms with Gasteiger partial charge in [0.2, 0.25) is 0 Å². The summed E-state index contributed by atoms with van der Waals surface area (Å²) in [4.78, 5) is 0. The summed E-state index contributed by atoms with van der Waals surface area (Å²) in [6.45, 7) is 2.23. The van der Waals surface area contributed by atoms with E-state index in [1.54, 1.807) is 0 Å². The molecular formula is C11H21N. The van der Waals surface area contributed by atoms with Crippen molar-refractivity contribution >= 4 is 0 Å². The minimum Gasteiger partial charge on any atom is -0.327 e. The number of rotatable bonds is 2. The van der Waals surface area contributed by atoms with E-state index in [9.17, 15) is 0 Å². The van der Waals surface area contributed by atoms with Crippen molar-refractivity contribution in [3.8, 4) is 0 Å². The lowest BCUT2D eigenvalue weighted by Gasteiger charge is -2.50. The number of nitrogens with two attached hydrogens (primary N) is 1. The summed E-state index contributed by atoms with van der Waals surface area (Å²) in [5, 5.41) is 0. The topological polar surface area (TPSA) is 26.0 Å². The quantitative estimate of drug-likeness (QED) is 0.672. The van der Waals surface area contributed by atoms with Gasteiger partial charge in [0.25, 0.3) is 0 Å². The zero-order valence-electron chi connectivity index (χ0n) is 8.18. The van der Waals surface area contributed by atoms with Gasteiger partial charge < -0.3 is 5.73 Å². The normalized spacial score (nSPS) is 35.0. The Labute approximate surface area is 75.7 Å². The average molecular weight is 167 g/mol. The smallest absolute Gasteiger partial charge is 0.00698 e. The number of hydrogen-bond acceptors (Lipinski definition) is 1. The minimum atomic E-state index is 0.497. The van der Waals surface area contributed by atoms with E-state index in [1.807, 2.05) is 0 Å². The molecule has 12 heavy (non-hydrogen) atoms. The summed E-state index contributed by atoms with van der Waals surface area (Å²) in [6, 6.07) is 0.497. The maximum absolute atomic E-state index is 6.13. The molecule has 0 heterocycles. The molecule has 2 N–H and O–H groups in total. The van der Waals surface area contributed by atoms with E-state index in [0.717, 1.165) is 11.3 Å². The van der Waals surface area contributed by atoms with E-state index in [2.05, 4.69) is 6.92 Å². The molecule has 0 bridgehead atoms. The van der Waals surface area contributed by atoms with Crippen LogP contribution in [-0.4, -0.2) is 6.04 Å². The summed E-state index contributed by atoms with van der Waals surface area (Å²) in [5.74, 6) is 0.880. The van der Waals surface area contributed by atoms with Crippen LogP contribution in [0, 0.1) is 11.3 Å². The van der Waals surface area contributed by atoms with Crippen molar-refractivity contribution < 1.29 is 0 Å². The summed E-state index contributed by atoms with van der Waals surface area (Å²) >= 11 is 0. The van der Waals surface area contributed by atoms with E-state index >= 15 is 0 Å². The van der Waals surface area contributed by atoms with Gasteiger partial charge in [-0.2, -0.15) is 0 Å². The third-order valence-electron chi connectivity index (χ3n) is 4.33. The Bertz CT molecular complexity index is 158. The second kappa shape index (κ2) is 3.02. The van der Waals surface area contributed by atoms with Gasteiger partial charge in [0.05, 0.1) is 0 Å². The predicted molar refractivity (Wildman–Crippen MR) is 51.9 cm³/mol. The molecule has 0 aromatic rings. The molecule has 2 rings (SSSR count). The van der Waals surface area contributed by atoms with Gasteiger partial charge in [-0.1, -0.05) is 19.8 Å². The lowest BCUT2D eigenvalue weighted by atomic mass is 9.56. The maximum atomic E-state index is 6.13. The van der Waals surface area contributed by atoms with E-state index in [0.29, 0.717) is 6.04 Å². The third kappa shape index (κ3) is 1.10. The highest BCUT2D eigenvalue weighted by Crippen LogP contribution is 2.58. The molecular weight excluding hydrogens is 146 g/mol. The molecule has 0 saturated heterocycles. The van der Waals surface area contributed by atoms with Crippen molar-refractivity contribution in [2.75, 3.05) is 0 Å². The molecule has 0 aliphatic heterocycles. The van der Waals surface area contributed by atoms with Crippen LogP contribution >= 0.6 is 0 Å². The highest BCUT2D eigenvalue weighted by atomic mass is 14.7. The van der Waals surface area contributed by atoms with Crippen molar-refractivity contribution in [2.45, 2.75) is 57.9 Å². The summed E-state index contributed by atoms with van der Waals surface area (Å²) < 4.78 is 0. The van der Waals surface area contributed by atoms with Crippen LogP contribution in [0.25, 0.3) is 0 Å². The molecule has 0 aromatic heterocycles. The van der Waals surface area contributed by atoms with Gasteiger partial charge in [-0.05, 0) is 43.4 Å². The molecule has 70 valence electrons. The van der Waals surface area contributed by atoms with Crippen molar-refractivity contribution in [3.63, 3.8) is 0 Å². The largest absolute Gasteiger partial charge is 0.327 e. The molecule has 2 atom stereocenters. The molecule has 2 saturated carbocycles. The first-order valence-corrected chi connectivity index (χ1v) is 5.54.